The van der Waals surface area contributed by atoms with Gasteiger partial charge in [-0.05, 0) is 38.3 Å². The first-order chi connectivity index (χ1) is 9.19. The standard InChI is InChI=1S/C14H23N3O2/c1-2-11-14(19)17(8-5-13(18)15-11)12-9-16-6-3-10(12)4-7-16/h10-12H,2-9H2,1H3,(H,15,18). The molecule has 0 spiro atoms. The summed E-state index contributed by atoms with van der Waals surface area (Å²) in [5.41, 5.74) is 0. The fraction of sp³-hybridized carbons (Fsp3) is 0.857. The molecule has 0 radical (unpaired) electrons. The van der Waals surface area contributed by atoms with Crippen molar-refractivity contribution in [3.05, 3.63) is 0 Å². The third kappa shape index (κ3) is 2.36. The van der Waals surface area contributed by atoms with Crippen molar-refractivity contribution in [3.63, 3.8) is 0 Å². The normalized spacial score (nSPS) is 39.1. The fourth-order valence-electron chi connectivity index (χ4n) is 3.75. The average Bonchev–Trinajstić information content (AvgIpc) is 2.59. The van der Waals surface area contributed by atoms with Gasteiger partial charge in [0.2, 0.25) is 11.8 Å². The van der Waals surface area contributed by atoms with E-state index >= 15 is 0 Å². The molecule has 0 aromatic carbocycles. The van der Waals surface area contributed by atoms with Crippen LogP contribution in [0.1, 0.15) is 32.6 Å². The molecule has 106 valence electrons. The van der Waals surface area contributed by atoms with Gasteiger partial charge < -0.3 is 15.1 Å². The van der Waals surface area contributed by atoms with E-state index in [4.69, 9.17) is 0 Å². The number of piperidine rings is 3. The molecule has 2 unspecified atom stereocenters. The minimum atomic E-state index is -0.314. The Hall–Kier alpha value is -1.10. The molecule has 0 aromatic heterocycles. The minimum absolute atomic E-state index is 0.0176. The molecule has 4 rings (SSSR count). The topological polar surface area (TPSA) is 52.7 Å². The van der Waals surface area contributed by atoms with E-state index in [0.29, 0.717) is 31.3 Å². The number of hydrogen-bond acceptors (Lipinski definition) is 3. The first-order valence-electron chi connectivity index (χ1n) is 7.51. The van der Waals surface area contributed by atoms with Crippen molar-refractivity contribution < 1.29 is 9.59 Å². The molecular formula is C14H23N3O2. The van der Waals surface area contributed by atoms with Gasteiger partial charge in [0.05, 0.1) is 0 Å². The number of rotatable bonds is 2. The molecule has 0 aliphatic carbocycles. The molecule has 4 fully saturated rings. The lowest BCUT2D eigenvalue weighted by atomic mass is 9.83. The zero-order valence-corrected chi connectivity index (χ0v) is 11.6. The van der Waals surface area contributed by atoms with Crippen LogP contribution in [0.4, 0.5) is 0 Å². The third-order valence-electron chi connectivity index (χ3n) is 4.93. The monoisotopic (exact) mass is 265 g/mol. The van der Waals surface area contributed by atoms with Gasteiger partial charge in [0.15, 0.2) is 0 Å². The number of carbonyl (C=O) groups excluding carboxylic acids is 2. The van der Waals surface area contributed by atoms with E-state index in [0.717, 1.165) is 6.54 Å². The molecule has 1 N–H and O–H groups in total. The van der Waals surface area contributed by atoms with Crippen LogP contribution < -0.4 is 5.32 Å². The van der Waals surface area contributed by atoms with Gasteiger partial charge >= 0.3 is 0 Å². The van der Waals surface area contributed by atoms with Gasteiger partial charge in [0.25, 0.3) is 0 Å². The van der Waals surface area contributed by atoms with E-state index in [1.165, 1.54) is 25.9 Å². The van der Waals surface area contributed by atoms with Crippen LogP contribution in [-0.2, 0) is 9.59 Å². The van der Waals surface area contributed by atoms with Crippen LogP contribution in [0.3, 0.4) is 0 Å². The molecule has 5 heteroatoms. The average molecular weight is 265 g/mol. The summed E-state index contributed by atoms with van der Waals surface area (Å²) in [6.45, 7) is 5.91. The summed E-state index contributed by atoms with van der Waals surface area (Å²) >= 11 is 0. The highest BCUT2D eigenvalue weighted by Gasteiger charge is 2.41. The van der Waals surface area contributed by atoms with Crippen LogP contribution in [0.5, 0.6) is 0 Å². The Morgan fingerprint density at radius 1 is 1.21 bits per heavy atom. The highest BCUT2D eigenvalue weighted by atomic mass is 16.2. The van der Waals surface area contributed by atoms with Crippen molar-refractivity contribution >= 4 is 11.8 Å². The van der Waals surface area contributed by atoms with E-state index in [-0.39, 0.29) is 17.9 Å². The lowest BCUT2D eigenvalue weighted by Gasteiger charge is -2.49. The number of fused-ring (bicyclic) bond motifs is 3. The Kier molecular flexibility index (Phi) is 3.48. The molecule has 2 amide bonds. The maximum atomic E-state index is 12.6. The fourth-order valence-corrected chi connectivity index (χ4v) is 3.75. The smallest absolute Gasteiger partial charge is 0.245 e. The number of carbonyl (C=O) groups is 2. The van der Waals surface area contributed by atoms with Gasteiger partial charge in [0, 0.05) is 25.6 Å². The molecule has 4 heterocycles. The maximum absolute atomic E-state index is 12.6. The van der Waals surface area contributed by atoms with Crippen molar-refractivity contribution in [2.45, 2.75) is 44.7 Å². The minimum Gasteiger partial charge on any atom is -0.344 e. The molecular weight excluding hydrogens is 242 g/mol. The van der Waals surface area contributed by atoms with Gasteiger partial charge in [-0.1, -0.05) is 6.92 Å². The number of nitrogens with one attached hydrogen (secondary N) is 1. The van der Waals surface area contributed by atoms with Crippen molar-refractivity contribution in [2.75, 3.05) is 26.2 Å². The Balaban J connectivity index is 1.78. The second kappa shape index (κ2) is 5.12. The predicted octanol–water partition coefficient (Wildman–Crippen LogP) is 0.208. The predicted molar refractivity (Wildman–Crippen MR) is 71.5 cm³/mol. The van der Waals surface area contributed by atoms with Crippen LogP contribution in [0.2, 0.25) is 0 Å². The molecule has 4 aliphatic rings. The molecule has 2 bridgehead atoms. The lowest BCUT2D eigenvalue weighted by Crippen LogP contribution is -2.60. The SMILES string of the molecule is CCC1NC(=O)CCN(C2CN3CCC2CC3)C1=O. The number of hydrogen-bond donors (Lipinski definition) is 1. The van der Waals surface area contributed by atoms with Crippen LogP contribution in [0, 0.1) is 5.92 Å². The van der Waals surface area contributed by atoms with Crippen molar-refractivity contribution in [1.82, 2.24) is 15.1 Å². The van der Waals surface area contributed by atoms with Gasteiger partial charge in [-0.25, -0.2) is 0 Å². The summed E-state index contributed by atoms with van der Waals surface area (Å²) in [6.07, 6.45) is 3.53. The Bertz CT molecular complexity index is 377. The Labute approximate surface area is 114 Å². The van der Waals surface area contributed by atoms with Gasteiger partial charge in [-0.15, -0.1) is 0 Å². The summed E-state index contributed by atoms with van der Waals surface area (Å²) in [5.74, 6) is 0.788. The molecule has 2 atom stereocenters. The Morgan fingerprint density at radius 2 is 1.95 bits per heavy atom. The number of amides is 2. The number of nitrogens with zero attached hydrogens (tertiary/aromatic N) is 2. The van der Waals surface area contributed by atoms with Crippen LogP contribution >= 0.6 is 0 Å². The van der Waals surface area contributed by atoms with Crippen molar-refractivity contribution in [3.8, 4) is 0 Å². The van der Waals surface area contributed by atoms with Crippen LogP contribution in [0.15, 0.2) is 0 Å². The van der Waals surface area contributed by atoms with Crippen molar-refractivity contribution in [2.24, 2.45) is 5.92 Å². The molecule has 19 heavy (non-hydrogen) atoms. The van der Waals surface area contributed by atoms with Crippen LogP contribution in [-0.4, -0.2) is 59.9 Å². The first kappa shape index (κ1) is 12.9. The summed E-state index contributed by atoms with van der Waals surface area (Å²) in [4.78, 5) is 28.7. The van der Waals surface area contributed by atoms with E-state index in [9.17, 15) is 9.59 Å². The second-order valence-corrected chi connectivity index (χ2v) is 6.02. The molecule has 0 aromatic rings. The zero-order valence-electron chi connectivity index (χ0n) is 11.6. The third-order valence-corrected chi connectivity index (χ3v) is 4.93. The van der Waals surface area contributed by atoms with Crippen LogP contribution in [0.25, 0.3) is 0 Å². The summed E-state index contributed by atoms with van der Waals surface area (Å²) in [6, 6.07) is 0.0159. The van der Waals surface area contributed by atoms with Gasteiger partial charge in [-0.3, -0.25) is 9.59 Å². The van der Waals surface area contributed by atoms with Gasteiger partial charge in [-0.2, -0.15) is 0 Å². The summed E-state index contributed by atoms with van der Waals surface area (Å²) in [5, 5.41) is 2.85. The second-order valence-electron chi connectivity index (χ2n) is 6.02. The summed E-state index contributed by atoms with van der Waals surface area (Å²) in [7, 11) is 0. The van der Waals surface area contributed by atoms with E-state index in [1.807, 2.05) is 11.8 Å². The molecule has 5 nitrogen and oxygen atoms in total. The summed E-state index contributed by atoms with van der Waals surface area (Å²) < 4.78 is 0. The highest BCUT2D eigenvalue weighted by Crippen LogP contribution is 2.31. The first-order valence-corrected chi connectivity index (χ1v) is 7.51. The zero-order chi connectivity index (χ0) is 13.4. The van der Waals surface area contributed by atoms with E-state index in [1.54, 1.807) is 0 Å². The lowest BCUT2D eigenvalue weighted by molar-refractivity contribution is -0.139. The highest BCUT2D eigenvalue weighted by molar-refractivity contribution is 5.90. The van der Waals surface area contributed by atoms with E-state index < -0.39 is 0 Å². The quantitative estimate of drug-likeness (QED) is 0.776. The van der Waals surface area contributed by atoms with Gasteiger partial charge in [0.1, 0.15) is 6.04 Å². The molecule has 0 saturated carbocycles. The van der Waals surface area contributed by atoms with E-state index in [2.05, 4.69) is 10.2 Å². The Morgan fingerprint density at radius 3 is 2.53 bits per heavy atom. The maximum Gasteiger partial charge on any atom is 0.245 e. The molecule has 4 saturated heterocycles. The largest absolute Gasteiger partial charge is 0.344 e. The molecule has 4 aliphatic heterocycles. The van der Waals surface area contributed by atoms with Crippen molar-refractivity contribution in [1.29, 1.82) is 0 Å².